The summed E-state index contributed by atoms with van der Waals surface area (Å²) in [6, 6.07) is 44.7. The molecule has 6 aromatic carbocycles. The summed E-state index contributed by atoms with van der Waals surface area (Å²) < 4.78 is 6.26. The SMILES string of the molecule is CC1(c2ccc3nc(-c4ccccc4)oc3c2)C#CC(N(c2ccc(-c3nc4c(s3)CC#CC=C4)cc2)c2cc3ccccc3c3ccccc23)=CC1. The summed E-state index contributed by atoms with van der Waals surface area (Å²) in [7, 11) is 0. The van der Waals surface area contributed by atoms with E-state index < -0.39 is 5.41 Å². The highest BCUT2D eigenvalue weighted by atomic mass is 32.1. The van der Waals surface area contributed by atoms with Gasteiger partial charge in [-0.25, -0.2) is 9.97 Å². The zero-order valence-corrected chi connectivity index (χ0v) is 29.7. The van der Waals surface area contributed by atoms with Crippen LogP contribution < -0.4 is 4.90 Å². The second-order valence-electron chi connectivity index (χ2n) is 13.6. The van der Waals surface area contributed by atoms with E-state index in [9.17, 15) is 0 Å². The van der Waals surface area contributed by atoms with Gasteiger partial charge in [-0.05, 0) is 114 Å². The van der Waals surface area contributed by atoms with Crippen molar-refractivity contribution in [2.24, 2.45) is 0 Å². The number of rotatable bonds is 6. The highest BCUT2D eigenvalue weighted by molar-refractivity contribution is 7.15. The molecule has 0 aliphatic heterocycles. The van der Waals surface area contributed by atoms with Crippen molar-refractivity contribution in [2.45, 2.75) is 25.2 Å². The second-order valence-corrected chi connectivity index (χ2v) is 14.7. The van der Waals surface area contributed by atoms with E-state index in [1.54, 1.807) is 11.3 Å². The molecule has 0 amide bonds. The van der Waals surface area contributed by atoms with Crippen LogP contribution in [-0.2, 0) is 11.8 Å². The Kier molecular flexibility index (Phi) is 7.35. The summed E-state index contributed by atoms with van der Waals surface area (Å²) in [6.45, 7) is 2.21. The average Bonchev–Trinajstić information content (AvgIpc) is 3.77. The average molecular weight is 698 g/mol. The first-order chi connectivity index (χ1) is 26.1. The minimum atomic E-state index is -0.403. The molecule has 2 aromatic heterocycles. The molecule has 2 heterocycles. The van der Waals surface area contributed by atoms with E-state index in [1.165, 1.54) is 26.4 Å². The van der Waals surface area contributed by atoms with Gasteiger partial charge in [-0.3, -0.25) is 0 Å². The first-order valence-corrected chi connectivity index (χ1v) is 18.6. The number of hydrogen-bond acceptors (Lipinski definition) is 5. The van der Waals surface area contributed by atoms with Gasteiger partial charge < -0.3 is 9.32 Å². The molecule has 0 bridgehead atoms. The van der Waals surface area contributed by atoms with Crippen LogP contribution in [0.3, 0.4) is 0 Å². The van der Waals surface area contributed by atoms with Crippen LogP contribution in [0.2, 0.25) is 0 Å². The van der Waals surface area contributed by atoms with Crippen LogP contribution in [0.15, 0.2) is 150 Å². The Morgan fingerprint density at radius 2 is 1.57 bits per heavy atom. The fourth-order valence-corrected chi connectivity index (χ4v) is 8.34. The van der Waals surface area contributed by atoms with Crippen LogP contribution in [0.5, 0.6) is 0 Å². The normalized spacial score (nSPS) is 16.0. The molecule has 1 unspecified atom stereocenters. The van der Waals surface area contributed by atoms with Crippen LogP contribution in [0, 0.1) is 23.7 Å². The molecule has 250 valence electrons. The van der Waals surface area contributed by atoms with Gasteiger partial charge in [0.1, 0.15) is 10.5 Å². The zero-order valence-electron chi connectivity index (χ0n) is 28.9. The second kappa shape index (κ2) is 12.5. The van der Waals surface area contributed by atoms with E-state index in [0.29, 0.717) is 5.89 Å². The molecule has 0 spiro atoms. The number of anilines is 2. The molecule has 2 aliphatic carbocycles. The van der Waals surface area contributed by atoms with Crippen molar-refractivity contribution in [3.8, 4) is 45.7 Å². The lowest BCUT2D eigenvalue weighted by atomic mass is 9.78. The third kappa shape index (κ3) is 5.51. The van der Waals surface area contributed by atoms with Crippen molar-refractivity contribution in [1.29, 1.82) is 0 Å². The lowest BCUT2D eigenvalue weighted by Crippen LogP contribution is -2.24. The maximum atomic E-state index is 6.26. The highest BCUT2D eigenvalue weighted by Gasteiger charge is 2.29. The van der Waals surface area contributed by atoms with Crippen molar-refractivity contribution in [3.63, 3.8) is 0 Å². The molecule has 0 radical (unpaired) electrons. The molecule has 1 atom stereocenters. The number of fused-ring (bicyclic) bond motifs is 5. The number of benzene rings is 6. The third-order valence-corrected chi connectivity index (χ3v) is 11.3. The summed E-state index contributed by atoms with van der Waals surface area (Å²) in [5.41, 5.74) is 8.45. The lowest BCUT2D eigenvalue weighted by Gasteiger charge is -2.31. The van der Waals surface area contributed by atoms with Gasteiger partial charge in [-0.2, -0.15) is 0 Å². The standard InChI is InChI=1S/C48H31N3OS/c1-48(35-22-25-41-44(31-35)52-46(49-41)32-12-4-2-5-13-32)28-26-37(27-29-48)51(43-30-34-14-8-9-15-38(34)39-16-10-11-17-40(39)43)36-23-20-33(21-24-36)47-50-42-18-6-3-7-19-45(42)53-47/h2,4-6,8-18,20-26,30-31H,19,28H2,1H3. The highest BCUT2D eigenvalue weighted by Crippen LogP contribution is 2.42. The molecule has 0 fully saturated rings. The van der Waals surface area contributed by atoms with Gasteiger partial charge in [0, 0.05) is 33.5 Å². The first-order valence-electron chi connectivity index (χ1n) is 17.8. The summed E-state index contributed by atoms with van der Waals surface area (Å²) in [5, 5.41) is 5.82. The topological polar surface area (TPSA) is 42.2 Å². The molecule has 8 aromatic rings. The molecule has 0 saturated heterocycles. The largest absolute Gasteiger partial charge is 0.436 e. The van der Waals surface area contributed by atoms with Gasteiger partial charge >= 0.3 is 0 Å². The van der Waals surface area contributed by atoms with Crippen LogP contribution in [0.25, 0.3) is 60.7 Å². The van der Waals surface area contributed by atoms with Crippen LogP contribution in [0.1, 0.15) is 29.5 Å². The van der Waals surface area contributed by atoms with Crippen molar-refractivity contribution in [1.82, 2.24) is 9.97 Å². The maximum Gasteiger partial charge on any atom is 0.227 e. The Morgan fingerprint density at radius 3 is 2.40 bits per heavy atom. The van der Waals surface area contributed by atoms with E-state index in [2.05, 4.69) is 133 Å². The van der Waals surface area contributed by atoms with Crippen molar-refractivity contribution in [3.05, 3.63) is 161 Å². The molecule has 0 saturated carbocycles. The molecule has 0 N–H and O–H groups in total. The monoisotopic (exact) mass is 697 g/mol. The molecule has 10 rings (SSSR count). The number of allylic oxidation sites excluding steroid dienone is 3. The molecular weight excluding hydrogens is 667 g/mol. The van der Waals surface area contributed by atoms with E-state index in [1.807, 2.05) is 48.6 Å². The van der Waals surface area contributed by atoms with E-state index in [-0.39, 0.29) is 0 Å². The van der Waals surface area contributed by atoms with Gasteiger partial charge in [-0.15, -0.1) is 11.3 Å². The quantitative estimate of drug-likeness (QED) is 0.128. The van der Waals surface area contributed by atoms with Crippen molar-refractivity contribution < 1.29 is 4.42 Å². The fraction of sp³-hybridized carbons (Fsp3) is 0.0833. The Labute approximate surface area is 311 Å². The maximum absolute atomic E-state index is 6.26. The molecule has 5 heteroatoms. The Morgan fingerprint density at radius 1 is 0.774 bits per heavy atom. The van der Waals surface area contributed by atoms with Crippen molar-refractivity contribution >= 4 is 61.4 Å². The summed E-state index contributed by atoms with van der Waals surface area (Å²) in [5.74, 6) is 14.2. The van der Waals surface area contributed by atoms with Crippen LogP contribution >= 0.6 is 11.3 Å². The van der Waals surface area contributed by atoms with Gasteiger partial charge in [0.25, 0.3) is 0 Å². The van der Waals surface area contributed by atoms with Gasteiger partial charge in [0.2, 0.25) is 5.89 Å². The molecule has 4 nitrogen and oxygen atoms in total. The minimum absolute atomic E-state index is 0.403. The summed E-state index contributed by atoms with van der Waals surface area (Å²) in [6.07, 6.45) is 7.67. The van der Waals surface area contributed by atoms with Crippen LogP contribution in [-0.4, -0.2) is 9.97 Å². The first kappa shape index (κ1) is 31.1. The van der Waals surface area contributed by atoms with E-state index in [4.69, 9.17) is 14.4 Å². The minimum Gasteiger partial charge on any atom is -0.436 e. The molecule has 2 aliphatic rings. The van der Waals surface area contributed by atoms with Gasteiger partial charge in [0.15, 0.2) is 5.58 Å². The number of nitrogens with zero attached hydrogens (tertiary/aromatic N) is 3. The van der Waals surface area contributed by atoms with Crippen molar-refractivity contribution in [2.75, 3.05) is 4.90 Å². The summed E-state index contributed by atoms with van der Waals surface area (Å²) >= 11 is 1.72. The predicted molar refractivity (Wildman–Crippen MR) is 219 cm³/mol. The smallest absolute Gasteiger partial charge is 0.227 e. The van der Waals surface area contributed by atoms with Gasteiger partial charge in [-0.1, -0.05) is 90.6 Å². The molecule has 53 heavy (non-hydrogen) atoms. The summed E-state index contributed by atoms with van der Waals surface area (Å²) in [4.78, 5) is 13.2. The predicted octanol–water partition coefficient (Wildman–Crippen LogP) is 11.9. The number of oxazole rings is 1. The Balaban J connectivity index is 1.06. The number of hydrogen-bond donors (Lipinski definition) is 0. The van der Waals surface area contributed by atoms with E-state index >= 15 is 0 Å². The third-order valence-electron chi connectivity index (χ3n) is 10.2. The number of thiazole rings is 1. The number of aromatic nitrogens is 2. The Hall–Kier alpha value is -6.66. The van der Waals surface area contributed by atoms with E-state index in [0.717, 1.165) is 68.4 Å². The lowest BCUT2D eigenvalue weighted by molar-refractivity contribution is 0.606. The zero-order chi connectivity index (χ0) is 35.4. The fourth-order valence-electron chi connectivity index (χ4n) is 7.35. The Bertz CT molecular complexity index is 2930. The molecular formula is C48H31N3OS. The van der Waals surface area contributed by atoms with Gasteiger partial charge in [0.05, 0.1) is 22.5 Å². The van der Waals surface area contributed by atoms with Crippen LogP contribution in [0.4, 0.5) is 11.4 Å².